The van der Waals surface area contributed by atoms with Crippen LogP contribution in [0, 0.1) is 6.92 Å². The molecular formula is C19H15F2NO4. The van der Waals surface area contributed by atoms with Crippen LogP contribution in [0.1, 0.15) is 16.7 Å². The van der Waals surface area contributed by atoms with Gasteiger partial charge in [-0.1, -0.05) is 12.1 Å². The molecule has 0 spiro atoms. The van der Waals surface area contributed by atoms with Gasteiger partial charge in [-0.15, -0.1) is 0 Å². The lowest BCUT2D eigenvalue weighted by Crippen LogP contribution is -2.07. The molecule has 0 unspecified atom stereocenters. The zero-order chi connectivity index (χ0) is 18.7. The van der Waals surface area contributed by atoms with Crippen LogP contribution in [0.2, 0.25) is 0 Å². The van der Waals surface area contributed by atoms with Crippen LogP contribution in [0.25, 0.3) is 6.08 Å². The highest BCUT2D eigenvalue weighted by Gasteiger charge is 2.24. The molecule has 1 heterocycles. The first-order valence-electron chi connectivity index (χ1n) is 7.68. The molecule has 1 aliphatic rings. The van der Waals surface area contributed by atoms with Crippen molar-refractivity contribution in [3.8, 4) is 11.5 Å². The predicted octanol–water partition coefficient (Wildman–Crippen LogP) is 3.95. The Bertz CT molecular complexity index is 906. The van der Waals surface area contributed by atoms with Gasteiger partial charge in [-0.05, 0) is 54.5 Å². The van der Waals surface area contributed by atoms with Crippen molar-refractivity contribution in [3.05, 3.63) is 64.9 Å². The number of methoxy groups -OCH3 is 1. The van der Waals surface area contributed by atoms with E-state index in [2.05, 4.69) is 9.73 Å². The average Bonchev–Trinajstić information content (AvgIpc) is 2.95. The third-order valence-electron chi connectivity index (χ3n) is 3.65. The summed E-state index contributed by atoms with van der Waals surface area (Å²) in [6.07, 6.45) is 1.58. The van der Waals surface area contributed by atoms with Crippen LogP contribution in [-0.4, -0.2) is 25.6 Å². The number of carbonyl (C=O) groups excluding carboxylic acids is 1. The normalized spacial score (nSPS) is 15.2. The fourth-order valence-electron chi connectivity index (χ4n) is 2.49. The maximum Gasteiger partial charge on any atom is 0.387 e. The molecule has 2 aromatic rings. The average molecular weight is 359 g/mol. The first-order chi connectivity index (χ1) is 12.5. The SMILES string of the molecule is COc1ccc(/C=C2\N=C(c3cccc(OC(F)F)c3)OC2=O)cc1C. The van der Waals surface area contributed by atoms with Crippen molar-refractivity contribution in [2.75, 3.05) is 7.11 Å². The molecular weight excluding hydrogens is 344 g/mol. The molecule has 0 aromatic heterocycles. The molecule has 0 aliphatic carbocycles. The molecule has 1 aliphatic heterocycles. The Morgan fingerprint density at radius 1 is 1.19 bits per heavy atom. The summed E-state index contributed by atoms with van der Waals surface area (Å²) in [5, 5.41) is 0. The molecule has 0 amide bonds. The number of hydrogen-bond donors (Lipinski definition) is 0. The van der Waals surface area contributed by atoms with Crippen LogP contribution < -0.4 is 9.47 Å². The van der Waals surface area contributed by atoms with Crippen LogP contribution in [0.3, 0.4) is 0 Å². The summed E-state index contributed by atoms with van der Waals surface area (Å²) in [7, 11) is 1.58. The number of aliphatic imine (C=N–C) groups is 1. The Balaban J connectivity index is 1.88. The lowest BCUT2D eigenvalue weighted by Gasteiger charge is -2.05. The molecule has 0 N–H and O–H groups in total. The fraction of sp³-hybridized carbons (Fsp3) is 0.158. The number of ether oxygens (including phenoxy) is 3. The Morgan fingerprint density at radius 3 is 2.69 bits per heavy atom. The van der Waals surface area contributed by atoms with Gasteiger partial charge < -0.3 is 14.2 Å². The fourth-order valence-corrected chi connectivity index (χ4v) is 2.49. The van der Waals surface area contributed by atoms with Crippen LogP contribution in [0.5, 0.6) is 11.5 Å². The molecule has 0 saturated heterocycles. The quantitative estimate of drug-likeness (QED) is 0.599. The third kappa shape index (κ3) is 3.88. The van der Waals surface area contributed by atoms with E-state index in [0.717, 1.165) is 16.9 Å². The molecule has 3 rings (SSSR count). The van der Waals surface area contributed by atoms with E-state index in [1.54, 1.807) is 31.4 Å². The van der Waals surface area contributed by atoms with Crippen molar-refractivity contribution in [1.29, 1.82) is 0 Å². The van der Waals surface area contributed by atoms with Gasteiger partial charge in [0.05, 0.1) is 7.11 Å². The summed E-state index contributed by atoms with van der Waals surface area (Å²) in [5.41, 5.74) is 2.15. The predicted molar refractivity (Wildman–Crippen MR) is 91.4 cm³/mol. The second kappa shape index (κ2) is 7.35. The van der Waals surface area contributed by atoms with Crippen LogP contribution in [-0.2, 0) is 9.53 Å². The minimum absolute atomic E-state index is 0.0335. The highest BCUT2D eigenvalue weighted by atomic mass is 19.3. The molecule has 26 heavy (non-hydrogen) atoms. The van der Waals surface area contributed by atoms with Gasteiger partial charge in [-0.25, -0.2) is 9.79 Å². The Hall–Kier alpha value is -3.22. The van der Waals surface area contributed by atoms with Gasteiger partial charge in [0.15, 0.2) is 5.70 Å². The number of carbonyl (C=O) groups is 1. The number of aryl methyl sites for hydroxylation is 1. The Morgan fingerprint density at radius 2 is 2.00 bits per heavy atom. The van der Waals surface area contributed by atoms with Crippen molar-refractivity contribution in [2.45, 2.75) is 13.5 Å². The van der Waals surface area contributed by atoms with E-state index in [9.17, 15) is 13.6 Å². The van der Waals surface area contributed by atoms with E-state index in [1.807, 2.05) is 13.0 Å². The van der Waals surface area contributed by atoms with Crippen LogP contribution >= 0.6 is 0 Å². The van der Waals surface area contributed by atoms with Gasteiger partial charge in [0.2, 0.25) is 5.90 Å². The number of alkyl halides is 2. The zero-order valence-corrected chi connectivity index (χ0v) is 14.0. The second-order valence-corrected chi connectivity index (χ2v) is 5.47. The van der Waals surface area contributed by atoms with E-state index in [4.69, 9.17) is 9.47 Å². The second-order valence-electron chi connectivity index (χ2n) is 5.47. The van der Waals surface area contributed by atoms with Crippen LogP contribution in [0.15, 0.2) is 53.2 Å². The lowest BCUT2D eigenvalue weighted by molar-refractivity contribution is -0.129. The summed E-state index contributed by atoms with van der Waals surface area (Å²) in [5.74, 6) is 0.112. The van der Waals surface area contributed by atoms with E-state index in [1.165, 1.54) is 18.2 Å². The summed E-state index contributed by atoms with van der Waals surface area (Å²) in [6, 6.07) is 11.2. The van der Waals surface area contributed by atoms with E-state index < -0.39 is 12.6 Å². The molecule has 0 radical (unpaired) electrons. The van der Waals surface area contributed by atoms with Crippen molar-refractivity contribution < 1.29 is 27.8 Å². The smallest absolute Gasteiger partial charge is 0.387 e. The highest BCUT2D eigenvalue weighted by Crippen LogP contribution is 2.24. The molecule has 7 heteroatoms. The summed E-state index contributed by atoms with van der Waals surface area (Å²) in [6.45, 7) is -1.05. The number of halogens is 2. The van der Waals surface area contributed by atoms with E-state index >= 15 is 0 Å². The van der Waals surface area contributed by atoms with E-state index in [0.29, 0.717) is 5.56 Å². The summed E-state index contributed by atoms with van der Waals surface area (Å²) in [4.78, 5) is 16.2. The number of benzene rings is 2. The van der Waals surface area contributed by atoms with Gasteiger partial charge in [0, 0.05) is 5.56 Å². The standard InChI is InChI=1S/C19H15F2NO4/c1-11-8-12(6-7-16(11)24-2)9-15-18(23)26-17(22-15)13-4-3-5-14(10-13)25-19(20)21/h3-10,19H,1-2H3/b15-9-. The molecule has 5 nitrogen and oxygen atoms in total. The first kappa shape index (κ1) is 17.6. The van der Waals surface area contributed by atoms with Gasteiger partial charge in [-0.3, -0.25) is 0 Å². The molecule has 2 aromatic carbocycles. The minimum atomic E-state index is -2.94. The minimum Gasteiger partial charge on any atom is -0.496 e. The summed E-state index contributed by atoms with van der Waals surface area (Å²) < 4.78 is 39.3. The number of hydrogen-bond acceptors (Lipinski definition) is 5. The maximum atomic E-state index is 12.3. The van der Waals surface area contributed by atoms with Crippen molar-refractivity contribution >= 4 is 17.9 Å². The molecule has 0 atom stereocenters. The molecule has 0 saturated carbocycles. The van der Waals surface area contributed by atoms with Gasteiger partial charge in [-0.2, -0.15) is 8.78 Å². The number of esters is 1. The van der Waals surface area contributed by atoms with Gasteiger partial charge in [0.1, 0.15) is 11.5 Å². The Labute approximate surface area is 148 Å². The molecule has 0 bridgehead atoms. The Kier molecular flexibility index (Phi) is 4.97. The van der Waals surface area contributed by atoms with Crippen molar-refractivity contribution in [3.63, 3.8) is 0 Å². The monoisotopic (exact) mass is 359 g/mol. The zero-order valence-electron chi connectivity index (χ0n) is 14.0. The lowest BCUT2D eigenvalue weighted by atomic mass is 10.1. The number of nitrogens with zero attached hydrogens (tertiary/aromatic N) is 1. The van der Waals surface area contributed by atoms with Gasteiger partial charge >= 0.3 is 12.6 Å². The summed E-state index contributed by atoms with van der Waals surface area (Å²) >= 11 is 0. The number of rotatable bonds is 5. The van der Waals surface area contributed by atoms with Crippen molar-refractivity contribution in [1.82, 2.24) is 0 Å². The highest BCUT2D eigenvalue weighted by molar-refractivity contribution is 6.13. The van der Waals surface area contributed by atoms with E-state index in [-0.39, 0.29) is 17.3 Å². The molecule has 0 fully saturated rings. The third-order valence-corrected chi connectivity index (χ3v) is 3.65. The largest absolute Gasteiger partial charge is 0.496 e. The van der Waals surface area contributed by atoms with Crippen molar-refractivity contribution in [2.24, 2.45) is 4.99 Å². The van der Waals surface area contributed by atoms with Gasteiger partial charge in [0.25, 0.3) is 0 Å². The number of cyclic esters (lactones) is 1. The first-order valence-corrected chi connectivity index (χ1v) is 7.68. The molecule has 134 valence electrons. The van der Waals surface area contributed by atoms with Crippen LogP contribution in [0.4, 0.5) is 8.78 Å². The topological polar surface area (TPSA) is 57.1 Å². The maximum absolute atomic E-state index is 12.3.